The Hall–Kier alpha value is -1.40. The molecule has 0 aromatic carbocycles. The Bertz CT molecular complexity index is 332. The predicted octanol–water partition coefficient (Wildman–Crippen LogP) is 1.30. The summed E-state index contributed by atoms with van der Waals surface area (Å²) in [7, 11) is 0. The average molecular weight is 239 g/mol. The van der Waals surface area contributed by atoms with Crippen molar-refractivity contribution < 1.29 is 4.74 Å². The first-order valence-corrected chi connectivity index (χ1v) is 5.90. The van der Waals surface area contributed by atoms with E-state index in [9.17, 15) is 0 Å². The second-order valence-corrected chi connectivity index (χ2v) is 3.72. The van der Waals surface area contributed by atoms with Crippen molar-refractivity contribution in [3.8, 4) is 0 Å². The Morgan fingerprint density at radius 3 is 2.76 bits per heavy atom. The van der Waals surface area contributed by atoms with Gasteiger partial charge in [-0.05, 0) is 19.8 Å². The van der Waals surface area contributed by atoms with E-state index in [-0.39, 0.29) is 0 Å². The highest BCUT2D eigenvalue weighted by Gasteiger charge is 1.99. The molecule has 1 heterocycles. The van der Waals surface area contributed by atoms with Crippen molar-refractivity contribution in [2.24, 2.45) is 5.84 Å². The summed E-state index contributed by atoms with van der Waals surface area (Å²) < 4.78 is 5.38. The molecule has 6 nitrogen and oxygen atoms in total. The first-order chi connectivity index (χ1) is 8.26. The minimum Gasteiger partial charge on any atom is -0.381 e. The Morgan fingerprint density at radius 1 is 1.29 bits per heavy atom. The molecule has 0 radical (unpaired) electrons. The number of hydrazine groups is 1. The average Bonchev–Trinajstić information content (AvgIpc) is 2.33. The Morgan fingerprint density at radius 2 is 2.06 bits per heavy atom. The maximum atomic E-state index is 5.38. The van der Waals surface area contributed by atoms with Crippen molar-refractivity contribution in [3.63, 3.8) is 0 Å². The number of anilines is 2. The lowest BCUT2D eigenvalue weighted by molar-refractivity contribution is 0.134. The number of hydrogen-bond donors (Lipinski definition) is 3. The fourth-order valence-corrected chi connectivity index (χ4v) is 1.37. The summed E-state index contributed by atoms with van der Waals surface area (Å²) in [4.78, 5) is 8.37. The van der Waals surface area contributed by atoms with Crippen LogP contribution in [0.5, 0.6) is 0 Å². The van der Waals surface area contributed by atoms with E-state index < -0.39 is 0 Å². The van der Waals surface area contributed by atoms with Gasteiger partial charge in [-0.15, -0.1) is 0 Å². The third-order valence-corrected chi connectivity index (χ3v) is 2.11. The summed E-state index contributed by atoms with van der Waals surface area (Å²) in [6.45, 7) is 6.35. The van der Waals surface area contributed by atoms with Gasteiger partial charge in [0.2, 0.25) is 0 Å². The number of nitrogen functional groups attached to an aromatic ring is 1. The maximum Gasteiger partial charge on any atom is 0.145 e. The Kier molecular flexibility index (Phi) is 6.27. The van der Waals surface area contributed by atoms with Crippen molar-refractivity contribution in [1.82, 2.24) is 9.97 Å². The van der Waals surface area contributed by atoms with Gasteiger partial charge < -0.3 is 15.5 Å². The predicted molar refractivity (Wildman–Crippen MR) is 68.8 cm³/mol. The zero-order valence-electron chi connectivity index (χ0n) is 10.5. The summed E-state index contributed by atoms with van der Waals surface area (Å²) in [5.74, 6) is 7.39. The van der Waals surface area contributed by atoms with Crippen LogP contribution in [0, 0.1) is 6.92 Å². The van der Waals surface area contributed by atoms with E-state index in [0.29, 0.717) is 11.6 Å². The normalized spacial score (nSPS) is 10.3. The Balaban J connectivity index is 2.28. The van der Waals surface area contributed by atoms with Gasteiger partial charge in [-0.25, -0.2) is 15.8 Å². The van der Waals surface area contributed by atoms with Crippen LogP contribution in [0.25, 0.3) is 0 Å². The lowest BCUT2D eigenvalue weighted by Gasteiger charge is -2.08. The highest BCUT2D eigenvalue weighted by molar-refractivity contribution is 5.46. The first kappa shape index (κ1) is 13.7. The Labute approximate surface area is 102 Å². The van der Waals surface area contributed by atoms with Gasteiger partial charge in [0, 0.05) is 25.8 Å². The number of hydrogen-bond acceptors (Lipinski definition) is 6. The molecule has 0 fully saturated rings. The van der Waals surface area contributed by atoms with Crippen molar-refractivity contribution >= 4 is 11.6 Å². The highest BCUT2D eigenvalue weighted by atomic mass is 16.5. The minimum atomic E-state index is 0.613. The summed E-state index contributed by atoms with van der Waals surface area (Å²) in [5.41, 5.74) is 2.51. The lowest BCUT2D eigenvalue weighted by Crippen LogP contribution is -2.12. The monoisotopic (exact) mass is 239 g/mol. The van der Waals surface area contributed by atoms with E-state index >= 15 is 0 Å². The van der Waals surface area contributed by atoms with Gasteiger partial charge in [0.15, 0.2) is 0 Å². The van der Waals surface area contributed by atoms with E-state index in [1.165, 1.54) is 0 Å². The topological polar surface area (TPSA) is 85.1 Å². The van der Waals surface area contributed by atoms with Crippen LogP contribution in [0.3, 0.4) is 0 Å². The van der Waals surface area contributed by atoms with Crippen molar-refractivity contribution in [2.45, 2.75) is 26.7 Å². The van der Waals surface area contributed by atoms with E-state index in [2.05, 4.69) is 27.6 Å². The van der Waals surface area contributed by atoms with E-state index in [4.69, 9.17) is 10.6 Å². The summed E-state index contributed by atoms with van der Waals surface area (Å²) in [5, 5.41) is 3.21. The number of nitrogens with zero attached hydrogens (tertiary/aromatic N) is 2. The second-order valence-electron chi connectivity index (χ2n) is 3.72. The molecule has 0 aliphatic heterocycles. The van der Waals surface area contributed by atoms with Crippen LogP contribution < -0.4 is 16.6 Å². The van der Waals surface area contributed by atoms with Gasteiger partial charge in [-0.1, -0.05) is 6.92 Å². The number of aromatic nitrogens is 2. The van der Waals surface area contributed by atoms with Gasteiger partial charge in [-0.2, -0.15) is 0 Å². The first-order valence-electron chi connectivity index (χ1n) is 5.90. The SMILES string of the molecule is CCCOCCCNc1cc(NN)nc(C)n1. The fraction of sp³-hybridized carbons (Fsp3) is 0.636. The molecule has 0 spiro atoms. The quantitative estimate of drug-likeness (QED) is 0.360. The van der Waals surface area contributed by atoms with Gasteiger partial charge in [0.25, 0.3) is 0 Å². The molecule has 0 saturated carbocycles. The van der Waals surface area contributed by atoms with Gasteiger partial charge in [0.05, 0.1) is 0 Å². The number of ether oxygens (including phenoxy) is 1. The van der Waals surface area contributed by atoms with E-state index in [0.717, 1.165) is 38.4 Å². The molecule has 17 heavy (non-hydrogen) atoms. The molecule has 1 aromatic heterocycles. The van der Waals surface area contributed by atoms with Crippen LogP contribution >= 0.6 is 0 Å². The van der Waals surface area contributed by atoms with Crippen LogP contribution in [0.2, 0.25) is 0 Å². The zero-order valence-corrected chi connectivity index (χ0v) is 10.5. The molecule has 6 heteroatoms. The maximum absolute atomic E-state index is 5.38. The molecule has 0 atom stereocenters. The molecular weight excluding hydrogens is 218 g/mol. The van der Waals surface area contributed by atoms with Gasteiger partial charge in [0.1, 0.15) is 17.5 Å². The molecule has 1 aromatic rings. The third kappa shape index (κ3) is 5.46. The summed E-state index contributed by atoms with van der Waals surface area (Å²) in [6.07, 6.45) is 2.01. The highest BCUT2D eigenvalue weighted by Crippen LogP contribution is 2.09. The van der Waals surface area contributed by atoms with Gasteiger partial charge >= 0.3 is 0 Å². The number of nitrogens with one attached hydrogen (secondary N) is 2. The van der Waals surface area contributed by atoms with Gasteiger partial charge in [-0.3, -0.25) is 0 Å². The number of rotatable bonds is 8. The minimum absolute atomic E-state index is 0.613. The zero-order chi connectivity index (χ0) is 12.5. The molecule has 96 valence electrons. The van der Waals surface area contributed by atoms with Crippen LogP contribution in [0.15, 0.2) is 6.07 Å². The second kappa shape index (κ2) is 7.81. The fourth-order valence-electron chi connectivity index (χ4n) is 1.37. The smallest absolute Gasteiger partial charge is 0.145 e. The number of nitrogens with two attached hydrogens (primary N) is 1. The molecule has 0 amide bonds. The molecule has 0 saturated heterocycles. The summed E-state index contributed by atoms with van der Waals surface area (Å²) in [6, 6.07) is 1.78. The molecule has 4 N–H and O–H groups in total. The van der Waals surface area contributed by atoms with Crippen molar-refractivity contribution in [1.29, 1.82) is 0 Å². The van der Waals surface area contributed by atoms with Crippen molar-refractivity contribution in [3.05, 3.63) is 11.9 Å². The molecular formula is C11H21N5O. The van der Waals surface area contributed by atoms with Crippen LogP contribution in [0.1, 0.15) is 25.6 Å². The van der Waals surface area contributed by atoms with Crippen LogP contribution in [-0.4, -0.2) is 29.7 Å². The van der Waals surface area contributed by atoms with Crippen LogP contribution in [0.4, 0.5) is 11.6 Å². The standard InChI is InChI=1S/C11H21N5O/c1-3-6-17-7-4-5-13-10-8-11(16-12)15-9(2)14-10/h8H,3-7,12H2,1-2H3,(H2,13,14,15,16). The molecule has 0 unspecified atom stereocenters. The molecule has 0 bridgehead atoms. The lowest BCUT2D eigenvalue weighted by atomic mass is 10.4. The molecule has 0 aliphatic rings. The van der Waals surface area contributed by atoms with Crippen LogP contribution in [-0.2, 0) is 4.74 Å². The summed E-state index contributed by atoms with van der Waals surface area (Å²) >= 11 is 0. The van der Waals surface area contributed by atoms with E-state index in [1.807, 2.05) is 6.92 Å². The largest absolute Gasteiger partial charge is 0.381 e. The number of aryl methyl sites for hydroxylation is 1. The molecule has 0 aliphatic carbocycles. The third-order valence-electron chi connectivity index (χ3n) is 2.11. The molecule has 1 rings (SSSR count). The van der Waals surface area contributed by atoms with Crippen molar-refractivity contribution in [2.75, 3.05) is 30.5 Å². The van der Waals surface area contributed by atoms with E-state index in [1.54, 1.807) is 6.07 Å².